The number of halogens is 1. The van der Waals surface area contributed by atoms with Crippen LogP contribution in [0.4, 0.5) is 0 Å². The topological polar surface area (TPSA) is 20.2 Å². The molecule has 0 bridgehead atoms. The van der Waals surface area contributed by atoms with E-state index in [4.69, 9.17) is 0 Å². The monoisotopic (exact) mass is 240 g/mol. The standard InChI is InChI=1S/C11H13BrO/c12-9-6-4-8(5-7-9)10-2-1-3-11(10)13/h4-7,10-11,13H,1-3H2/t10-,11+/m0/s1. The predicted molar refractivity (Wildman–Crippen MR) is 56.7 cm³/mol. The normalized spacial score (nSPS) is 27.8. The molecule has 13 heavy (non-hydrogen) atoms. The van der Waals surface area contributed by atoms with Crippen molar-refractivity contribution in [2.45, 2.75) is 31.3 Å². The zero-order chi connectivity index (χ0) is 9.26. The Morgan fingerprint density at radius 1 is 1.15 bits per heavy atom. The van der Waals surface area contributed by atoms with Crippen LogP contribution in [0.2, 0.25) is 0 Å². The molecule has 1 nitrogen and oxygen atoms in total. The van der Waals surface area contributed by atoms with E-state index in [2.05, 4.69) is 28.1 Å². The molecule has 1 aliphatic carbocycles. The lowest BCUT2D eigenvalue weighted by atomic mass is 9.96. The van der Waals surface area contributed by atoms with Gasteiger partial charge in [-0.1, -0.05) is 34.5 Å². The van der Waals surface area contributed by atoms with Crippen LogP contribution in [-0.2, 0) is 0 Å². The summed E-state index contributed by atoms with van der Waals surface area (Å²) >= 11 is 3.41. The third kappa shape index (κ3) is 1.94. The molecule has 2 atom stereocenters. The quantitative estimate of drug-likeness (QED) is 0.801. The van der Waals surface area contributed by atoms with Crippen LogP contribution in [0.5, 0.6) is 0 Å². The smallest absolute Gasteiger partial charge is 0.0608 e. The van der Waals surface area contributed by atoms with E-state index in [0.29, 0.717) is 5.92 Å². The first-order valence-electron chi connectivity index (χ1n) is 4.71. The third-order valence-electron chi connectivity index (χ3n) is 2.78. The minimum absolute atomic E-state index is 0.124. The maximum absolute atomic E-state index is 9.70. The van der Waals surface area contributed by atoms with Crippen LogP contribution in [0.15, 0.2) is 28.7 Å². The number of aliphatic hydroxyl groups is 1. The van der Waals surface area contributed by atoms with Crippen molar-refractivity contribution in [3.63, 3.8) is 0 Å². The first-order chi connectivity index (χ1) is 6.27. The molecule has 0 saturated heterocycles. The second kappa shape index (κ2) is 3.81. The first-order valence-corrected chi connectivity index (χ1v) is 5.50. The minimum atomic E-state index is -0.124. The van der Waals surface area contributed by atoms with Crippen LogP contribution in [-0.4, -0.2) is 11.2 Å². The van der Waals surface area contributed by atoms with Gasteiger partial charge in [0.05, 0.1) is 6.10 Å². The highest BCUT2D eigenvalue weighted by molar-refractivity contribution is 9.10. The van der Waals surface area contributed by atoms with Gasteiger partial charge in [0.1, 0.15) is 0 Å². The number of benzene rings is 1. The van der Waals surface area contributed by atoms with E-state index in [1.165, 1.54) is 5.56 Å². The molecule has 2 heteroatoms. The Kier molecular flexibility index (Phi) is 2.70. The Hall–Kier alpha value is -0.340. The van der Waals surface area contributed by atoms with E-state index >= 15 is 0 Å². The molecular formula is C11H13BrO. The van der Waals surface area contributed by atoms with Gasteiger partial charge in [-0.25, -0.2) is 0 Å². The summed E-state index contributed by atoms with van der Waals surface area (Å²) in [4.78, 5) is 0. The summed E-state index contributed by atoms with van der Waals surface area (Å²) in [5, 5.41) is 9.70. The Labute approximate surface area is 86.9 Å². The largest absolute Gasteiger partial charge is 0.392 e. The van der Waals surface area contributed by atoms with Crippen molar-refractivity contribution in [3.05, 3.63) is 34.3 Å². The summed E-state index contributed by atoms with van der Waals surface area (Å²) in [5.41, 5.74) is 1.27. The van der Waals surface area contributed by atoms with Gasteiger partial charge in [-0.3, -0.25) is 0 Å². The fourth-order valence-electron chi connectivity index (χ4n) is 2.04. The SMILES string of the molecule is O[C@@H]1CCC[C@H]1c1ccc(Br)cc1. The highest BCUT2D eigenvalue weighted by Crippen LogP contribution is 2.34. The van der Waals surface area contributed by atoms with E-state index < -0.39 is 0 Å². The lowest BCUT2D eigenvalue weighted by Crippen LogP contribution is -2.10. The van der Waals surface area contributed by atoms with Gasteiger partial charge in [-0.05, 0) is 30.5 Å². The number of rotatable bonds is 1. The minimum Gasteiger partial charge on any atom is -0.392 e. The maximum Gasteiger partial charge on any atom is 0.0608 e. The van der Waals surface area contributed by atoms with Crippen molar-refractivity contribution >= 4 is 15.9 Å². The van der Waals surface area contributed by atoms with Crippen molar-refractivity contribution in [1.29, 1.82) is 0 Å². The molecule has 0 heterocycles. The van der Waals surface area contributed by atoms with Crippen molar-refractivity contribution in [2.24, 2.45) is 0 Å². The predicted octanol–water partition coefficient (Wildman–Crippen LogP) is 3.08. The molecule has 70 valence electrons. The van der Waals surface area contributed by atoms with Crippen LogP contribution < -0.4 is 0 Å². The van der Waals surface area contributed by atoms with Crippen molar-refractivity contribution in [3.8, 4) is 0 Å². The summed E-state index contributed by atoms with van der Waals surface area (Å²) in [6.07, 6.45) is 3.12. The first kappa shape index (κ1) is 9.22. The van der Waals surface area contributed by atoms with E-state index in [1.54, 1.807) is 0 Å². The summed E-state index contributed by atoms with van der Waals surface area (Å²) in [5.74, 6) is 0.369. The van der Waals surface area contributed by atoms with Gasteiger partial charge in [0.2, 0.25) is 0 Å². The van der Waals surface area contributed by atoms with Crippen LogP contribution >= 0.6 is 15.9 Å². The Balaban J connectivity index is 2.20. The van der Waals surface area contributed by atoms with Gasteiger partial charge in [-0.2, -0.15) is 0 Å². The number of hydrogen-bond acceptors (Lipinski definition) is 1. The summed E-state index contributed by atoms with van der Waals surface area (Å²) in [7, 11) is 0. The van der Waals surface area contributed by atoms with Crippen LogP contribution in [0.25, 0.3) is 0 Å². The molecule has 1 saturated carbocycles. The van der Waals surface area contributed by atoms with Crippen molar-refractivity contribution in [2.75, 3.05) is 0 Å². The number of hydrogen-bond donors (Lipinski definition) is 1. The molecule has 0 spiro atoms. The highest BCUT2D eigenvalue weighted by Gasteiger charge is 2.26. The molecule has 0 unspecified atom stereocenters. The van der Waals surface area contributed by atoms with Gasteiger partial charge in [0.15, 0.2) is 0 Å². The van der Waals surface area contributed by atoms with Crippen LogP contribution in [0, 0.1) is 0 Å². The fraction of sp³-hybridized carbons (Fsp3) is 0.455. The molecule has 0 amide bonds. The van der Waals surface area contributed by atoms with E-state index in [1.807, 2.05) is 12.1 Å². The maximum atomic E-state index is 9.70. The second-order valence-electron chi connectivity index (χ2n) is 3.66. The second-order valence-corrected chi connectivity index (χ2v) is 4.57. The van der Waals surface area contributed by atoms with Gasteiger partial charge >= 0.3 is 0 Å². The Morgan fingerprint density at radius 3 is 2.38 bits per heavy atom. The zero-order valence-corrected chi connectivity index (χ0v) is 9.00. The van der Waals surface area contributed by atoms with Gasteiger partial charge in [-0.15, -0.1) is 0 Å². The van der Waals surface area contributed by atoms with Gasteiger partial charge < -0.3 is 5.11 Å². The molecular weight excluding hydrogens is 228 g/mol. The van der Waals surface area contributed by atoms with Crippen LogP contribution in [0.1, 0.15) is 30.7 Å². The zero-order valence-electron chi connectivity index (χ0n) is 7.41. The molecule has 0 aromatic heterocycles. The van der Waals surface area contributed by atoms with E-state index in [0.717, 1.165) is 23.7 Å². The molecule has 1 aromatic carbocycles. The van der Waals surface area contributed by atoms with E-state index in [9.17, 15) is 5.11 Å². The lowest BCUT2D eigenvalue weighted by Gasteiger charge is -2.14. The molecule has 1 fully saturated rings. The summed E-state index contributed by atoms with van der Waals surface area (Å²) in [6.45, 7) is 0. The highest BCUT2D eigenvalue weighted by atomic mass is 79.9. The fourth-order valence-corrected chi connectivity index (χ4v) is 2.30. The molecule has 0 aliphatic heterocycles. The van der Waals surface area contributed by atoms with E-state index in [-0.39, 0.29) is 6.10 Å². The Morgan fingerprint density at radius 2 is 1.85 bits per heavy atom. The van der Waals surface area contributed by atoms with Crippen molar-refractivity contribution < 1.29 is 5.11 Å². The average molecular weight is 241 g/mol. The number of aliphatic hydroxyl groups excluding tert-OH is 1. The summed E-state index contributed by atoms with van der Waals surface area (Å²) < 4.78 is 1.10. The summed E-state index contributed by atoms with van der Waals surface area (Å²) in [6, 6.07) is 8.29. The van der Waals surface area contributed by atoms with Gasteiger partial charge in [0, 0.05) is 10.4 Å². The molecule has 0 radical (unpaired) electrons. The van der Waals surface area contributed by atoms with Crippen LogP contribution in [0.3, 0.4) is 0 Å². The lowest BCUT2D eigenvalue weighted by molar-refractivity contribution is 0.164. The van der Waals surface area contributed by atoms with Gasteiger partial charge in [0.25, 0.3) is 0 Å². The third-order valence-corrected chi connectivity index (χ3v) is 3.31. The molecule has 2 rings (SSSR count). The molecule has 1 aromatic rings. The molecule has 1 aliphatic rings. The van der Waals surface area contributed by atoms with Crippen molar-refractivity contribution in [1.82, 2.24) is 0 Å². The average Bonchev–Trinajstić information content (AvgIpc) is 2.53. The Bertz CT molecular complexity index is 281. The molecule has 1 N–H and O–H groups in total.